The van der Waals surface area contributed by atoms with Crippen LogP contribution in [-0.2, 0) is 19.7 Å². The number of hydrogen-bond acceptors (Lipinski definition) is 9. The van der Waals surface area contributed by atoms with Gasteiger partial charge in [-0.25, -0.2) is 32.1 Å². The number of amides is 1. The lowest BCUT2D eigenvalue weighted by molar-refractivity contribution is 0.125. The molecule has 0 heterocycles. The fourth-order valence-corrected chi connectivity index (χ4v) is 5.02. The zero-order valence-corrected chi connectivity index (χ0v) is 18.2. The lowest BCUT2D eigenvalue weighted by atomic mass is 10.1. The van der Waals surface area contributed by atoms with Crippen molar-refractivity contribution in [1.82, 2.24) is 10.4 Å². The van der Waals surface area contributed by atoms with E-state index in [4.69, 9.17) is 14.9 Å². The van der Waals surface area contributed by atoms with Gasteiger partial charge in [0.1, 0.15) is 11.0 Å². The predicted octanol–water partition coefficient (Wildman–Crippen LogP) is -0.783. The first-order valence-corrected chi connectivity index (χ1v) is 12.4. The molecular weight excluding hydrogens is 440 g/mol. The zero-order chi connectivity index (χ0) is 22.9. The van der Waals surface area contributed by atoms with Gasteiger partial charge in [-0.2, -0.15) is 0 Å². The third-order valence-corrected chi connectivity index (χ3v) is 7.90. The quantitative estimate of drug-likeness (QED) is 0.270. The summed E-state index contributed by atoms with van der Waals surface area (Å²) in [5.41, 5.74) is 3.03. The average Bonchev–Trinajstić information content (AvgIpc) is 2.65. The predicted molar refractivity (Wildman–Crippen MR) is 110 cm³/mol. The fourth-order valence-electron chi connectivity index (χ4n) is 2.58. The number of carboxylic acid groups (broad SMARTS) is 1. The molecule has 11 nitrogen and oxygen atoms in total. The number of hydrogen-bond donors (Lipinski definition) is 4. The second-order valence-corrected chi connectivity index (χ2v) is 10.9. The molecule has 1 rings (SSSR count). The molecule has 0 aliphatic carbocycles. The Morgan fingerprint density at radius 3 is 2.40 bits per heavy atom. The SMILES string of the molecule is [CH2]c1ccc(OC)cc1C(CO)S(=O)(=O)CCNN(CCS(=O)(=O)CCO)C(=O)O. The maximum atomic E-state index is 12.7. The first-order valence-electron chi connectivity index (χ1n) is 8.85. The number of methoxy groups -OCH3 is 1. The molecule has 30 heavy (non-hydrogen) atoms. The van der Waals surface area contributed by atoms with Crippen LogP contribution in [-0.4, -0.2) is 93.9 Å². The highest BCUT2D eigenvalue weighted by Gasteiger charge is 2.28. The molecule has 1 radical (unpaired) electrons. The highest BCUT2D eigenvalue weighted by atomic mass is 32.2. The maximum Gasteiger partial charge on any atom is 0.421 e. The molecule has 1 aromatic rings. The number of ether oxygens (including phenoxy) is 1. The van der Waals surface area contributed by atoms with E-state index in [1.165, 1.54) is 13.2 Å². The van der Waals surface area contributed by atoms with E-state index < -0.39 is 68.0 Å². The summed E-state index contributed by atoms with van der Waals surface area (Å²) >= 11 is 0. The molecule has 0 fully saturated rings. The van der Waals surface area contributed by atoms with Gasteiger partial charge in [-0.15, -0.1) is 0 Å². The maximum absolute atomic E-state index is 12.7. The van der Waals surface area contributed by atoms with Gasteiger partial charge in [0.2, 0.25) is 0 Å². The number of hydrazine groups is 1. The van der Waals surface area contributed by atoms with Crippen molar-refractivity contribution in [2.45, 2.75) is 5.25 Å². The van der Waals surface area contributed by atoms with Crippen LogP contribution < -0.4 is 10.2 Å². The molecule has 0 aromatic heterocycles. The molecule has 0 bridgehead atoms. The van der Waals surface area contributed by atoms with Crippen LogP contribution in [0.15, 0.2) is 18.2 Å². The van der Waals surface area contributed by atoms with Gasteiger partial charge in [-0.3, -0.25) is 0 Å². The molecule has 0 saturated carbocycles. The van der Waals surface area contributed by atoms with E-state index in [2.05, 4.69) is 12.3 Å². The summed E-state index contributed by atoms with van der Waals surface area (Å²) in [6.45, 7) is 1.70. The summed E-state index contributed by atoms with van der Waals surface area (Å²) in [6.07, 6.45) is -1.49. The Hall–Kier alpha value is -1.93. The molecule has 0 aliphatic rings. The van der Waals surface area contributed by atoms with Gasteiger partial charge < -0.3 is 20.1 Å². The summed E-state index contributed by atoms with van der Waals surface area (Å²) < 4.78 is 53.7. The minimum absolute atomic E-state index is 0.266. The van der Waals surface area contributed by atoms with E-state index in [0.717, 1.165) is 0 Å². The summed E-state index contributed by atoms with van der Waals surface area (Å²) in [7, 11) is -6.16. The van der Waals surface area contributed by atoms with Crippen LogP contribution in [0, 0.1) is 6.92 Å². The lowest BCUT2D eigenvalue weighted by Crippen LogP contribution is -2.46. The van der Waals surface area contributed by atoms with Gasteiger partial charge in [0, 0.05) is 6.54 Å². The molecule has 1 amide bonds. The van der Waals surface area contributed by atoms with E-state index in [-0.39, 0.29) is 12.1 Å². The summed E-state index contributed by atoms with van der Waals surface area (Å²) in [6, 6.07) is 4.62. The number of carbonyl (C=O) groups is 1. The monoisotopic (exact) mass is 467 g/mol. The van der Waals surface area contributed by atoms with Crippen molar-refractivity contribution in [3.63, 3.8) is 0 Å². The van der Waals surface area contributed by atoms with Gasteiger partial charge in [-0.05, 0) is 30.2 Å². The molecule has 1 unspecified atom stereocenters. The number of aliphatic hydroxyl groups excluding tert-OH is 2. The second-order valence-electron chi connectivity index (χ2n) is 6.32. The molecule has 1 atom stereocenters. The fraction of sp³-hybridized carbons (Fsp3) is 0.529. The van der Waals surface area contributed by atoms with Crippen LogP contribution >= 0.6 is 0 Å². The molecule has 4 N–H and O–H groups in total. The Labute approximate surface area is 176 Å². The summed E-state index contributed by atoms with van der Waals surface area (Å²) in [4.78, 5) is 11.3. The van der Waals surface area contributed by atoms with Crippen molar-refractivity contribution in [3.05, 3.63) is 36.2 Å². The smallest absolute Gasteiger partial charge is 0.421 e. The number of nitrogens with one attached hydrogen (secondary N) is 1. The molecule has 0 aliphatic heterocycles. The molecule has 1 aromatic carbocycles. The molecule has 171 valence electrons. The van der Waals surface area contributed by atoms with Crippen molar-refractivity contribution < 1.29 is 41.7 Å². The topological polar surface area (TPSA) is 171 Å². The van der Waals surface area contributed by atoms with E-state index in [1.54, 1.807) is 12.1 Å². The van der Waals surface area contributed by atoms with Crippen LogP contribution in [0.5, 0.6) is 5.75 Å². The van der Waals surface area contributed by atoms with Crippen LogP contribution in [0.1, 0.15) is 16.4 Å². The average molecular weight is 468 g/mol. The van der Waals surface area contributed by atoms with Crippen molar-refractivity contribution >= 4 is 25.8 Å². The van der Waals surface area contributed by atoms with Gasteiger partial charge in [0.15, 0.2) is 19.7 Å². The van der Waals surface area contributed by atoms with E-state index in [9.17, 15) is 26.7 Å². The molecule has 13 heteroatoms. The Morgan fingerprint density at radius 2 is 1.87 bits per heavy atom. The van der Waals surface area contributed by atoms with Gasteiger partial charge in [0.25, 0.3) is 0 Å². The normalized spacial score (nSPS) is 13.1. The number of nitrogens with zero attached hydrogens (tertiary/aromatic N) is 1. The van der Waals surface area contributed by atoms with E-state index in [1.807, 2.05) is 0 Å². The third-order valence-electron chi connectivity index (χ3n) is 4.25. The van der Waals surface area contributed by atoms with Gasteiger partial charge >= 0.3 is 6.09 Å². The van der Waals surface area contributed by atoms with E-state index in [0.29, 0.717) is 16.3 Å². The van der Waals surface area contributed by atoms with Crippen molar-refractivity contribution in [2.24, 2.45) is 0 Å². The molecule has 0 saturated heterocycles. The summed E-state index contributed by atoms with van der Waals surface area (Å²) in [5.74, 6) is -1.17. The van der Waals surface area contributed by atoms with Gasteiger partial charge in [0.05, 0.1) is 44.1 Å². The highest BCUT2D eigenvalue weighted by Crippen LogP contribution is 2.29. The second kappa shape index (κ2) is 11.5. The lowest BCUT2D eigenvalue weighted by Gasteiger charge is -2.22. The Balaban J connectivity index is 2.83. The number of benzene rings is 1. The summed E-state index contributed by atoms with van der Waals surface area (Å²) in [5, 5.41) is 26.8. The minimum atomic E-state index is -3.93. The number of aliphatic hydroxyl groups is 2. The molecular formula is C17H27N2O9S2. The zero-order valence-electron chi connectivity index (χ0n) is 16.5. The number of sulfone groups is 2. The van der Waals surface area contributed by atoms with Gasteiger partial charge in [-0.1, -0.05) is 6.07 Å². The number of rotatable bonds is 13. The van der Waals surface area contributed by atoms with Crippen molar-refractivity contribution in [1.29, 1.82) is 0 Å². The molecule has 0 spiro atoms. The highest BCUT2D eigenvalue weighted by molar-refractivity contribution is 7.91. The standard InChI is InChI=1S/C17H27N2O9S2/c1-13-3-4-14(28-2)11-15(13)16(12-21)30(26,27)8-5-18-19(17(22)23)6-9-29(24,25)10-7-20/h3-4,11,16,18,20-21H,1,5-10,12H2,2H3,(H,22,23). The van der Waals surface area contributed by atoms with Crippen LogP contribution in [0.25, 0.3) is 0 Å². The van der Waals surface area contributed by atoms with Crippen LogP contribution in [0.2, 0.25) is 0 Å². The van der Waals surface area contributed by atoms with Crippen molar-refractivity contribution in [2.75, 3.05) is 50.7 Å². The Morgan fingerprint density at radius 1 is 1.20 bits per heavy atom. The first kappa shape index (κ1) is 26.1. The largest absolute Gasteiger partial charge is 0.497 e. The van der Waals surface area contributed by atoms with Crippen molar-refractivity contribution in [3.8, 4) is 5.75 Å². The van der Waals surface area contributed by atoms with Crippen LogP contribution in [0.4, 0.5) is 4.79 Å². The van der Waals surface area contributed by atoms with Crippen LogP contribution in [0.3, 0.4) is 0 Å². The Kier molecular flexibility index (Phi) is 9.97. The minimum Gasteiger partial charge on any atom is -0.497 e. The third kappa shape index (κ3) is 7.72. The van der Waals surface area contributed by atoms with E-state index >= 15 is 0 Å². The Bertz CT molecular complexity index is 917. The first-order chi connectivity index (χ1) is 14.0.